The van der Waals surface area contributed by atoms with Crippen LogP contribution in [-0.4, -0.2) is 59.4 Å². The average molecular weight is 361 g/mol. The Kier molecular flexibility index (Phi) is 6.18. The van der Waals surface area contributed by atoms with Gasteiger partial charge in [-0.05, 0) is 45.7 Å². The van der Waals surface area contributed by atoms with Gasteiger partial charge in [0.2, 0.25) is 0 Å². The maximum absolute atomic E-state index is 12.3. The number of hydrogen-bond acceptors (Lipinski definition) is 4. The molecule has 1 aromatic rings. The smallest absolute Gasteiger partial charge is 0.317 e. The Balaban J connectivity index is 1.84. The number of piperidine rings is 1. The largest absolute Gasteiger partial charge is 0.354 e. The lowest BCUT2D eigenvalue weighted by Gasteiger charge is -2.34. The normalized spacial score (nSPS) is 15.3. The minimum atomic E-state index is -0.294. The molecule has 26 heavy (non-hydrogen) atoms. The molecule has 1 aliphatic rings. The number of likely N-dealkylation sites (tertiary alicyclic amines) is 1. The van der Waals surface area contributed by atoms with Crippen molar-refractivity contribution >= 4 is 17.8 Å². The van der Waals surface area contributed by atoms with Crippen molar-refractivity contribution in [2.24, 2.45) is 0 Å². The second kappa shape index (κ2) is 8.16. The van der Waals surface area contributed by atoms with E-state index in [-0.39, 0.29) is 35.1 Å². The molecular formula is C18H27N5O3. The van der Waals surface area contributed by atoms with E-state index in [0.29, 0.717) is 31.5 Å². The Bertz CT molecular complexity index is 658. The van der Waals surface area contributed by atoms with Crippen LogP contribution in [-0.2, 0) is 0 Å². The number of urea groups is 1. The van der Waals surface area contributed by atoms with Gasteiger partial charge >= 0.3 is 6.03 Å². The number of carbonyl (C=O) groups excluding carboxylic acids is 3. The highest BCUT2D eigenvalue weighted by molar-refractivity contribution is 5.96. The highest BCUT2D eigenvalue weighted by atomic mass is 16.2. The molecule has 0 aliphatic carbocycles. The second-order valence-corrected chi connectivity index (χ2v) is 7.43. The molecule has 4 amide bonds. The van der Waals surface area contributed by atoms with Gasteiger partial charge in [0.15, 0.2) is 0 Å². The molecule has 0 atom stereocenters. The fraction of sp³-hybridized carbons (Fsp3) is 0.556. The first-order valence-corrected chi connectivity index (χ1v) is 8.75. The molecule has 2 heterocycles. The summed E-state index contributed by atoms with van der Waals surface area (Å²) in [5.74, 6) is -0.517. The van der Waals surface area contributed by atoms with Crippen LogP contribution in [0.25, 0.3) is 0 Å². The van der Waals surface area contributed by atoms with E-state index in [9.17, 15) is 14.4 Å². The summed E-state index contributed by atoms with van der Waals surface area (Å²) in [6, 6.07) is 3.04. The van der Waals surface area contributed by atoms with Crippen LogP contribution in [0, 0.1) is 0 Å². The molecular weight excluding hydrogens is 334 g/mol. The Morgan fingerprint density at radius 3 is 2.27 bits per heavy atom. The third-order valence-electron chi connectivity index (χ3n) is 4.08. The van der Waals surface area contributed by atoms with Crippen molar-refractivity contribution in [3.8, 4) is 0 Å². The van der Waals surface area contributed by atoms with Gasteiger partial charge in [0.1, 0.15) is 5.69 Å². The minimum absolute atomic E-state index is 0.0137. The summed E-state index contributed by atoms with van der Waals surface area (Å²) in [5, 5.41) is 8.40. The van der Waals surface area contributed by atoms with Gasteiger partial charge in [-0.3, -0.25) is 14.6 Å². The maximum atomic E-state index is 12.3. The van der Waals surface area contributed by atoms with E-state index >= 15 is 0 Å². The van der Waals surface area contributed by atoms with Crippen molar-refractivity contribution in [3.05, 3.63) is 29.6 Å². The lowest BCUT2D eigenvalue weighted by molar-refractivity contribution is 0.0912. The van der Waals surface area contributed by atoms with Crippen molar-refractivity contribution in [2.75, 3.05) is 20.1 Å². The number of hydrogen-bond donors (Lipinski definition) is 3. The highest BCUT2D eigenvalue weighted by Gasteiger charge is 2.26. The Morgan fingerprint density at radius 1 is 1.12 bits per heavy atom. The topological polar surface area (TPSA) is 103 Å². The quantitative estimate of drug-likeness (QED) is 0.751. The summed E-state index contributed by atoms with van der Waals surface area (Å²) in [7, 11) is 1.53. The Labute approximate surface area is 153 Å². The predicted octanol–water partition coefficient (Wildman–Crippen LogP) is 1.14. The molecule has 0 spiro atoms. The van der Waals surface area contributed by atoms with Gasteiger partial charge in [-0.15, -0.1) is 0 Å². The third kappa shape index (κ3) is 5.44. The summed E-state index contributed by atoms with van der Waals surface area (Å²) in [5.41, 5.74) is 0.406. The van der Waals surface area contributed by atoms with Crippen molar-refractivity contribution < 1.29 is 14.4 Å². The van der Waals surface area contributed by atoms with Gasteiger partial charge in [0, 0.05) is 37.9 Å². The Hall–Kier alpha value is -2.64. The van der Waals surface area contributed by atoms with Crippen LogP contribution in [0.4, 0.5) is 4.79 Å². The number of nitrogens with zero attached hydrogens (tertiary/aromatic N) is 2. The van der Waals surface area contributed by atoms with Crippen LogP contribution in [0.1, 0.15) is 54.5 Å². The highest BCUT2D eigenvalue weighted by Crippen LogP contribution is 2.13. The molecule has 0 unspecified atom stereocenters. The molecule has 1 fully saturated rings. The van der Waals surface area contributed by atoms with E-state index in [1.54, 1.807) is 11.0 Å². The third-order valence-corrected chi connectivity index (χ3v) is 4.08. The summed E-state index contributed by atoms with van der Waals surface area (Å²) in [6.07, 6.45) is 2.80. The molecule has 0 aromatic carbocycles. The van der Waals surface area contributed by atoms with Gasteiger partial charge in [-0.2, -0.15) is 0 Å². The maximum Gasteiger partial charge on any atom is 0.317 e. The first-order chi connectivity index (χ1) is 12.2. The monoisotopic (exact) mass is 361 g/mol. The van der Waals surface area contributed by atoms with E-state index in [2.05, 4.69) is 20.9 Å². The lowest BCUT2D eigenvalue weighted by atomic mass is 10.0. The van der Waals surface area contributed by atoms with Crippen molar-refractivity contribution in [2.45, 2.75) is 45.2 Å². The SMILES string of the molecule is CNC(=O)c1ccc(C(=O)NC2CCN(C(=O)NC(C)(C)C)CC2)cn1. The van der Waals surface area contributed by atoms with Crippen molar-refractivity contribution in [1.29, 1.82) is 0 Å². The van der Waals surface area contributed by atoms with Crippen LogP contribution in [0.5, 0.6) is 0 Å². The fourth-order valence-corrected chi connectivity index (χ4v) is 2.69. The van der Waals surface area contributed by atoms with Crippen molar-refractivity contribution in [3.63, 3.8) is 0 Å². The molecule has 0 saturated carbocycles. The van der Waals surface area contributed by atoms with Crippen LogP contribution >= 0.6 is 0 Å². The first-order valence-electron chi connectivity index (χ1n) is 8.75. The van der Waals surface area contributed by atoms with Crippen LogP contribution in [0.15, 0.2) is 18.3 Å². The number of amides is 4. The predicted molar refractivity (Wildman–Crippen MR) is 98.0 cm³/mol. The molecule has 1 aromatic heterocycles. The van der Waals surface area contributed by atoms with Crippen LogP contribution in [0.2, 0.25) is 0 Å². The van der Waals surface area contributed by atoms with Crippen LogP contribution in [0.3, 0.4) is 0 Å². The summed E-state index contributed by atoms with van der Waals surface area (Å²) >= 11 is 0. The standard InChI is InChI=1S/C18H27N5O3/c1-18(2,3)22-17(26)23-9-7-13(8-10-23)21-15(24)12-5-6-14(20-11-12)16(25)19-4/h5-6,11,13H,7-10H2,1-4H3,(H,19,25)(H,21,24)(H,22,26). The van der Waals surface area contributed by atoms with Gasteiger partial charge in [0.05, 0.1) is 5.56 Å². The molecule has 8 nitrogen and oxygen atoms in total. The average Bonchev–Trinajstić information content (AvgIpc) is 2.60. The first kappa shape index (κ1) is 19.7. The summed E-state index contributed by atoms with van der Waals surface area (Å²) < 4.78 is 0. The molecule has 142 valence electrons. The molecule has 0 bridgehead atoms. The van der Waals surface area contributed by atoms with Crippen LogP contribution < -0.4 is 16.0 Å². The number of carbonyl (C=O) groups is 3. The zero-order valence-electron chi connectivity index (χ0n) is 15.8. The Morgan fingerprint density at radius 2 is 1.77 bits per heavy atom. The van der Waals surface area contributed by atoms with E-state index in [4.69, 9.17) is 0 Å². The van der Waals surface area contributed by atoms with E-state index < -0.39 is 0 Å². The number of rotatable bonds is 3. The lowest BCUT2D eigenvalue weighted by Crippen LogP contribution is -2.53. The number of pyridine rings is 1. The molecule has 2 rings (SSSR count). The molecule has 8 heteroatoms. The van der Waals surface area contributed by atoms with E-state index in [1.807, 2.05) is 20.8 Å². The minimum Gasteiger partial charge on any atom is -0.354 e. The zero-order chi connectivity index (χ0) is 19.3. The summed E-state index contributed by atoms with van der Waals surface area (Å²) in [6.45, 7) is 7.03. The van der Waals surface area contributed by atoms with Gasteiger partial charge in [0.25, 0.3) is 11.8 Å². The van der Waals surface area contributed by atoms with Gasteiger partial charge in [-0.25, -0.2) is 4.79 Å². The second-order valence-electron chi connectivity index (χ2n) is 7.43. The van der Waals surface area contributed by atoms with Crippen molar-refractivity contribution in [1.82, 2.24) is 25.8 Å². The van der Waals surface area contributed by atoms with Gasteiger partial charge in [-0.1, -0.05) is 0 Å². The fourth-order valence-electron chi connectivity index (χ4n) is 2.69. The zero-order valence-corrected chi connectivity index (χ0v) is 15.8. The molecule has 1 aliphatic heterocycles. The molecule has 3 N–H and O–H groups in total. The number of aromatic nitrogens is 1. The summed E-state index contributed by atoms with van der Waals surface area (Å²) in [4.78, 5) is 41.7. The molecule has 1 saturated heterocycles. The van der Waals surface area contributed by atoms with Gasteiger partial charge < -0.3 is 20.9 Å². The number of nitrogens with one attached hydrogen (secondary N) is 3. The molecule has 0 radical (unpaired) electrons. The van der Waals surface area contributed by atoms with E-state index in [0.717, 1.165) is 0 Å². The van der Waals surface area contributed by atoms with E-state index in [1.165, 1.54) is 19.3 Å².